The number of nitrogens with two attached hydrogens (primary N) is 1. The molecule has 0 aliphatic heterocycles. The summed E-state index contributed by atoms with van der Waals surface area (Å²) in [6.45, 7) is 3.75. The molecule has 1 saturated carbocycles. The zero-order valence-corrected chi connectivity index (χ0v) is 14.0. The Morgan fingerprint density at radius 3 is 2.67 bits per heavy atom. The lowest BCUT2D eigenvalue weighted by Crippen LogP contribution is -2.06. The number of anilines is 1. The number of benzene rings is 2. The second kappa shape index (κ2) is 6.19. The molecule has 1 heterocycles. The molecule has 4 heteroatoms. The molecule has 1 aliphatic carbocycles. The molecule has 1 aromatic heterocycles. The number of hydrogen-bond acceptors (Lipinski definition) is 3. The molecule has 0 radical (unpaired) electrons. The van der Waals surface area contributed by atoms with Gasteiger partial charge in [-0.1, -0.05) is 12.1 Å². The minimum Gasteiger partial charge on any atom is -0.494 e. The molecule has 0 spiro atoms. The highest BCUT2D eigenvalue weighted by Crippen LogP contribution is 2.33. The number of fused-ring (bicyclic) bond motifs is 1. The van der Waals surface area contributed by atoms with Crippen LogP contribution < -0.4 is 10.5 Å². The van der Waals surface area contributed by atoms with Gasteiger partial charge in [0.25, 0.3) is 0 Å². The van der Waals surface area contributed by atoms with Gasteiger partial charge in [0, 0.05) is 18.7 Å². The number of rotatable bonds is 6. The molecule has 1 aliphatic rings. The third-order valence-corrected chi connectivity index (χ3v) is 4.59. The van der Waals surface area contributed by atoms with Gasteiger partial charge in [0.15, 0.2) is 0 Å². The van der Waals surface area contributed by atoms with Crippen LogP contribution in [0, 0.1) is 5.92 Å². The van der Waals surface area contributed by atoms with Crippen molar-refractivity contribution in [3.63, 3.8) is 0 Å². The van der Waals surface area contributed by atoms with Gasteiger partial charge in [0.1, 0.15) is 11.6 Å². The Labute approximate surface area is 142 Å². The van der Waals surface area contributed by atoms with Crippen LogP contribution >= 0.6 is 0 Å². The predicted octanol–water partition coefficient (Wildman–Crippen LogP) is 4.02. The van der Waals surface area contributed by atoms with Gasteiger partial charge in [-0.2, -0.15) is 0 Å². The van der Waals surface area contributed by atoms with Crippen molar-refractivity contribution < 1.29 is 4.74 Å². The topological polar surface area (TPSA) is 53.1 Å². The Hall–Kier alpha value is -2.49. The van der Waals surface area contributed by atoms with E-state index in [0.29, 0.717) is 6.61 Å². The summed E-state index contributed by atoms with van der Waals surface area (Å²) in [5.74, 6) is 2.84. The Morgan fingerprint density at radius 1 is 1.17 bits per heavy atom. The van der Waals surface area contributed by atoms with Gasteiger partial charge in [0.2, 0.25) is 0 Å². The summed E-state index contributed by atoms with van der Waals surface area (Å²) in [6, 6.07) is 14.4. The maximum atomic E-state index is 5.93. The molecule has 124 valence electrons. The Kier molecular flexibility index (Phi) is 3.89. The zero-order valence-electron chi connectivity index (χ0n) is 14.0. The summed E-state index contributed by atoms with van der Waals surface area (Å²) in [5.41, 5.74) is 10.1. The summed E-state index contributed by atoms with van der Waals surface area (Å²) in [6.07, 6.45) is 3.49. The first-order valence-corrected chi connectivity index (χ1v) is 8.69. The molecular formula is C20H23N3O. The highest BCUT2D eigenvalue weighted by atomic mass is 16.5. The smallest absolute Gasteiger partial charge is 0.119 e. The number of nitrogen functional groups attached to an aromatic ring is 1. The summed E-state index contributed by atoms with van der Waals surface area (Å²) in [4.78, 5) is 4.86. The van der Waals surface area contributed by atoms with Crippen molar-refractivity contribution in [2.45, 2.75) is 32.7 Å². The van der Waals surface area contributed by atoms with Gasteiger partial charge in [-0.3, -0.25) is 0 Å². The molecule has 4 rings (SSSR count). The van der Waals surface area contributed by atoms with Crippen LogP contribution in [0.4, 0.5) is 5.69 Å². The molecule has 0 bridgehead atoms. The van der Waals surface area contributed by atoms with Crippen LogP contribution in [0.5, 0.6) is 5.75 Å². The molecule has 0 atom stereocenters. The van der Waals surface area contributed by atoms with E-state index in [9.17, 15) is 0 Å². The maximum Gasteiger partial charge on any atom is 0.119 e. The normalized spacial score (nSPS) is 14.2. The first kappa shape index (κ1) is 15.1. The van der Waals surface area contributed by atoms with Crippen molar-refractivity contribution in [1.82, 2.24) is 9.55 Å². The van der Waals surface area contributed by atoms with Crippen LogP contribution in [0.25, 0.3) is 11.0 Å². The van der Waals surface area contributed by atoms with Gasteiger partial charge >= 0.3 is 0 Å². The second-order valence-electron chi connectivity index (χ2n) is 6.58. The van der Waals surface area contributed by atoms with Crippen molar-refractivity contribution in [2.24, 2.45) is 5.92 Å². The van der Waals surface area contributed by atoms with E-state index >= 15 is 0 Å². The maximum absolute atomic E-state index is 5.93. The lowest BCUT2D eigenvalue weighted by Gasteiger charge is -2.09. The van der Waals surface area contributed by atoms with Gasteiger partial charge < -0.3 is 15.0 Å². The molecule has 0 amide bonds. The summed E-state index contributed by atoms with van der Waals surface area (Å²) < 4.78 is 7.90. The molecule has 4 nitrogen and oxygen atoms in total. The van der Waals surface area contributed by atoms with E-state index in [1.807, 2.05) is 31.2 Å². The largest absolute Gasteiger partial charge is 0.494 e. The molecule has 24 heavy (non-hydrogen) atoms. The van der Waals surface area contributed by atoms with Crippen molar-refractivity contribution in [3.05, 3.63) is 53.9 Å². The third-order valence-electron chi connectivity index (χ3n) is 4.59. The fourth-order valence-electron chi connectivity index (χ4n) is 3.15. The minimum atomic E-state index is 0.692. The van der Waals surface area contributed by atoms with E-state index in [1.54, 1.807) is 0 Å². The van der Waals surface area contributed by atoms with Crippen molar-refractivity contribution in [2.75, 3.05) is 12.3 Å². The highest BCUT2D eigenvalue weighted by molar-refractivity contribution is 5.79. The lowest BCUT2D eigenvalue weighted by molar-refractivity contribution is 0.340. The summed E-state index contributed by atoms with van der Waals surface area (Å²) >= 11 is 0. The Morgan fingerprint density at radius 2 is 1.96 bits per heavy atom. The monoisotopic (exact) mass is 321 g/mol. The number of aromatic nitrogens is 2. The zero-order chi connectivity index (χ0) is 16.5. The van der Waals surface area contributed by atoms with E-state index in [2.05, 4.69) is 22.8 Å². The molecule has 0 saturated heterocycles. The van der Waals surface area contributed by atoms with Gasteiger partial charge in [-0.15, -0.1) is 0 Å². The van der Waals surface area contributed by atoms with Crippen LogP contribution in [0.1, 0.15) is 31.2 Å². The van der Waals surface area contributed by atoms with Gasteiger partial charge in [-0.05, 0) is 61.6 Å². The Bertz CT molecular complexity index is 847. The third kappa shape index (κ3) is 3.09. The highest BCUT2D eigenvalue weighted by Gasteiger charge is 2.24. The predicted molar refractivity (Wildman–Crippen MR) is 97.3 cm³/mol. The van der Waals surface area contributed by atoms with Crippen molar-refractivity contribution in [3.8, 4) is 5.75 Å². The molecule has 3 aromatic rings. The Balaban J connectivity index is 1.66. The molecular weight excluding hydrogens is 298 g/mol. The number of ether oxygens (including phenoxy) is 1. The summed E-state index contributed by atoms with van der Waals surface area (Å²) in [5, 5.41) is 0. The van der Waals surface area contributed by atoms with Crippen LogP contribution in [-0.4, -0.2) is 16.2 Å². The first-order valence-electron chi connectivity index (χ1n) is 8.69. The molecule has 1 fully saturated rings. The fraction of sp³-hybridized carbons (Fsp3) is 0.350. The van der Waals surface area contributed by atoms with Crippen LogP contribution in [0.2, 0.25) is 0 Å². The van der Waals surface area contributed by atoms with E-state index in [4.69, 9.17) is 15.5 Å². The van der Waals surface area contributed by atoms with Crippen LogP contribution in [0.3, 0.4) is 0 Å². The number of imidazole rings is 1. The first-order chi connectivity index (χ1) is 11.7. The van der Waals surface area contributed by atoms with Gasteiger partial charge in [-0.25, -0.2) is 4.98 Å². The van der Waals surface area contributed by atoms with Crippen molar-refractivity contribution in [1.29, 1.82) is 0 Å². The molecule has 0 unspecified atom stereocenters. The fourth-order valence-corrected chi connectivity index (χ4v) is 3.15. The molecule has 2 N–H and O–H groups in total. The molecule has 2 aromatic carbocycles. The average Bonchev–Trinajstić information content (AvgIpc) is 3.33. The minimum absolute atomic E-state index is 0.692. The van der Waals surface area contributed by atoms with E-state index < -0.39 is 0 Å². The lowest BCUT2D eigenvalue weighted by atomic mass is 10.1. The van der Waals surface area contributed by atoms with E-state index in [-0.39, 0.29) is 0 Å². The van der Waals surface area contributed by atoms with E-state index in [0.717, 1.165) is 41.7 Å². The second-order valence-corrected chi connectivity index (χ2v) is 6.58. The average molecular weight is 321 g/mol. The summed E-state index contributed by atoms with van der Waals surface area (Å²) in [7, 11) is 0. The quantitative estimate of drug-likeness (QED) is 0.698. The number of hydrogen-bond donors (Lipinski definition) is 1. The van der Waals surface area contributed by atoms with Crippen LogP contribution in [0.15, 0.2) is 42.5 Å². The van der Waals surface area contributed by atoms with Crippen molar-refractivity contribution >= 4 is 16.7 Å². The van der Waals surface area contributed by atoms with Gasteiger partial charge in [0.05, 0.1) is 17.6 Å². The van der Waals surface area contributed by atoms with E-state index in [1.165, 1.54) is 23.9 Å². The SMILES string of the molecule is CCOc1ccc(Cc2nc3cc(N)ccc3n2CC2CC2)cc1. The van der Waals surface area contributed by atoms with Crippen LogP contribution in [-0.2, 0) is 13.0 Å². The number of nitrogens with zero attached hydrogens (tertiary/aromatic N) is 2. The standard InChI is InChI=1S/C20H23N3O/c1-2-24-17-8-5-14(6-9-17)11-20-22-18-12-16(21)7-10-19(18)23(20)13-15-3-4-15/h5-10,12,15H,2-4,11,13,21H2,1H3.